The number of amides is 1. The Balaban J connectivity index is 2.14. The van der Waals surface area contributed by atoms with Crippen molar-refractivity contribution >= 4 is 17.8 Å². The largest absolute Gasteiger partial charge is 0.497 e. The minimum atomic E-state index is -1.14. The van der Waals surface area contributed by atoms with Crippen LogP contribution in [0.4, 0.5) is 0 Å². The number of hydrogen-bond acceptors (Lipinski definition) is 6. The van der Waals surface area contributed by atoms with E-state index in [1.807, 2.05) is 12.1 Å². The number of carbonyl (C=O) groups excluding carboxylic acids is 3. The van der Waals surface area contributed by atoms with Gasteiger partial charge in [0.1, 0.15) is 16.9 Å². The number of esters is 2. The van der Waals surface area contributed by atoms with Crippen molar-refractivity contribution in [1.82, 2.24) is 4.90 Å². The number of β-lactam (4-membered cyclic amide) rings is 1. The molecule has 1 aliphatic heterocycles. The molecular formula is C20H27NO6. The third kappa shape index (κ3) is 4.78. The van der Waals surface area contributed by atoms with Gasteiger partial charge < -0.3 is 19.1 Å². The fourth-order valence-electron chi connectivity index (χ4n) is 3.14. The lowest BCUT2D eigenvalue weighted by molar-refractivity contribution is -0.181. The number of rotatable bonds is 7. The molecule has 148 valence electrons. The molecule has 1 atom stereocenters. The van der Waals surface area contributed by atoms with Gasteiger partial charge in [0.2, 0.25) is 5.91 Å². The van der Waals surface area contributed by atoms with Gasteiger partial charge in [-0.3, -0.25) is 9.59 Å². The molecule has 0 radical (unpaired) electrons. The Labute approximate surface area is 159 Å². The quantitative estimate of drug-likeness (QED) is 0.536. The molecular weight excluding hydrogens is 350 g/mol. The van der Waals surface area contributed by atoms with Crippen molar-refractivity contribution in [3.63, 3.8) is 0 Å². The van der Waals surface area contributed by atoms with Gasteiger partial charge in [0.15, 0.2) is 0 Å². The summed E-state index contributed by atoms with van der Waals surface area (Å²) in [5.41, 5.74) is -0.884. The fraction of sp³-hybridized carbons (Fsp3) is 0.550. The van der Waals surface area contributed by atoms with E-state index in [9.17, 15) is 14.4 Å². The molecule has 7 nitrogen and oxygen atoms in total. The summed E-state index contributed by atoms with van der Waals surface area (Å²) in [6, 6.07) is 7.25. The van der Waals surface area contributed by atoms with Crippen molar-refractivity contribution in [3.05, 3.63) is 29.8 Å². The monoisotopic (exact) mass is 377 g/mol. The van der Waals surface area contributed by atoms with E-state index in [1.54, 1.807) is 40.0 Å². The van der Waals surface area contributed by atoms with E-state index in [2.05, 4.69) is 0 Å². The predicted molar refractivity (Wildman–Crippen MR) is 98.0 cm³/mol. The number of methoxy groups -OCH3 is 2. The lowest BCUT2D eigenvalue weighted by atomic mass is 9.79. The van der Waals surface area contributed by atoms with E-state index < -0.39 is 23.1 Å². The number of benzene rings is 1. The molecule has 0 N–H and O–H groups in total. The number of nitrogens with zero attached hydrogens (tertiary/aromatic N) is 1. The number of ether oxygens (including phenoxy) is 3. The fourth-order valence-corrected chi connectivity index (χ4v) is 3.14. The third-order valence-electron chi connectivity index (χ3n) is 4.49. The summed E-state index contributed by atoms with van der Waals surface area (Å²) >= 11 is 0. The minimum absolute atomic E-state index is 0.0264. The second-order valence-corrected chi connectivity index (χ2v) is 7.61. The number of hydrogen-bond donors (Lipinski definition) is 0. The van der Waals surface area contributed by atoms with Crippen molar-refractivity contribution in [3.8, 4) is 5.75 Å². The van der Waals surface area contributed by atoms with Gasteiger partial charge in [-0.15, -0.1) is 0 Å². The second-order valence-electron chi connectivity index (χ2n) is 7.61. The molecule has 1 unspecified atom stereocenters. The molecule has 1 amide bonds. The van der Waals surface area contributed by atoms with Gasteiger partial charge >= 0.3 is 11.9 Å². The highest BCUT2D eigenvalue weighted by molar-refractivity contribution is 5.99. The number of likely N-dealkylation sites (tertiary alicyclic amines) is 1. The smallest absolute Gasteiger partial charge is 0.332 e. The molecule has 0 saturated carbocycles. The molecule has 1 heterocycles. The standard InChI is InChI=1S/C20H27NO6/c1-19(2,3)27-17(23)10-11-20(18(24)26-5)12-16(22)21(20)13-14-6-8-15(25-4)9-7-14/h6-9H,10-13H2,1-5H3. The molecule has 0 aromatic heterocycles. The van der Waals surface area contributed by atoms with Crippen LogP contribution in [0, 0.1) is 0 Å². The van der Waals surface area contributed by atoms with Crippen LogP contribution in [-0.2, 0) is 30.4 Å². The van der Waals surface area contributed by atoms with Gasteiger partial charge in [-0.25, -0.2) is 4.79 Å². The van der Waals surface area contributed by atoms with Crippen molar-refractivity contribution in [2.45, 2.75) is 57.7 Å². The molecule has 1 aromatic rings. The van der Waals surface area contributed by atoms with E-state index in [0.717, 1.165) is 5.56 Å². The van der Waals surface area contributed by atoms with Crippen molar-refractivity contribution in [1.29, 1.82) is 0 Å². The second kappa shape index (κ2) is 7.98. The first-order valence-electron chi connectivity index (χ1n) is 8.85. The van der Waals surface area contributed by atoms with Crippen LogP contribution in [0.2, 0.25) is 0 Å². The topological polar surface area (TPSA) is 82.1 Å². The van der Waals surface area contributed by atoms with Crippen molar-refractivity contribution < 1.29 is 28.6 Å². The lowest BCUT2D eigenvalue weighted by Crippen LogP contribution is -2.67. The molecule has 0 aliphatic carbocycles. The van der Waals surface area contributed by atoms with E-state index in [4.69, 9.17) is 14.2 Å². The Hall–Kier alpha value is -2.57. The summed E-state index contributed by atoms with van der Waals surface area (Å²) in [6.45, 7) is 5.60. The molecule has 0 bridgehead atoms. The minimum Gasteiger partial charge on any atom is -0.497 e. The van der Waals surface area contributed by atoms with Gasteiger partial charge in [-0.2, -0.15) is 0 Å². The maximum atomic E-state index is 12.5. The highest BCUT2D eigenvalue weighted by atomic mass is 16.6. The zero-order valence-corrected chi connectivity index (χ0v) is 16.5. The molecule has 27 heavy (non-hydrogen) atoms. The van der Waals surface area contributed by atoms with Crippen LogP contribution in [0.25, 0.3) is 0 Å². The van der Waals surface area contributed by atoms with Crippen molar-refractivity contribution in [2.24, 2.45) is 0 Å². The Bertz CT molecular complexity index is 706. The van der Waals surface area contributed by atoms with E-state index in [-0.39, 0.29) is 31.7 Å². The Kier molecular flexibility index (Phi) is 6.13. The molecule has 1 aromatic carbocycles. The average molecular weight is 377 g/mol. The highest BCUT2D eigenvalue weighted by Gasteiger charge is 2.57. The molecule has 2 rings (SSSR count). The Morgan fingerprint density at radius 3 is 2.26 bits per heavy atom. The van der Waals surface area contributed by atoms with Crippen LogP contribution in [-0.4, -0.2) is 48.1 Å². The van der Waals surface area contributed by atoms with Gasteiger partial charge in [0.25, 0.3) is 0 Å². The first-order chi connectivity index (χ1) is 12.6. The van der Waals surface area contributed by atoms with Crippen LogP contribution >= 0.6 is 0 Å². The van der Waals surface area contributed by atoms with Crippen LogP contribution < -0.4 is 4.74 Å². The van der Waals surface area contributed by atoms with Crippen LogP contribution in [0.1, 0.15) is 45.6 Å². The molecule has 1 aliphatic rings. The highest BCUT2D eigenvalue weighted by Crippen LogP contribution is 2.39. The average Bonchev–Trinajstić information content (AvgIpc) is 2.61. The molecule has 0 spiro atoms. The normalized spacial score (nSPS) is 19.3. The summed E-state index contributed by atoms with van der Waals surface area (Å²) < 4.78 is 15.4. The zero-order valence-electron chi connectivity index (χ0n) is 16.5. The Morgan fingerprint density at radius 2 is 1.78 bits per heavy atom. The summed E-state index contributed by atoms with van der Waals surface area (Å²) in [6.07, 6.45) is 0.216. The third-order valence-corrected chi connectivity index (χ3v) is 4.49. The molecule has 1 fully saturated rings. The molecule has 1 saturated heterocycles. The molecule has 7 heteroatoms. The van der Waals surface area contributed by atoms with Crippen LogP contribution in [0.15, 0.2) is 24.3 Å². The summed E-state index contributed by atoms with van der Waals surface area (Å²) in [5.74, 6) is -0.369. The van der Waals surface area contributed by atoms with E-state index in [1.165, 1.54) is 12.0 Å². The summed E-state index contributed by atoms with van der Waals surface area (Å²) in [4.78, 5) is 38.3. The van der Waals surface area contributed by atoms with Crippen LogP contribution in [0.3, 0.4) is 0 Å². The predicted octanol–water partition coefficient (Wildman–Crippen LogP) is 2.46. The summed E-state index contributed by atoms with van der Waals surface area (Å²) in [7, 11) is 2.86. The zero-order chi connectivity index (χ0) is 20.2. The van der Waals surface area contributed by atoms with Gasteiger partial charge in [0.05, 0.1) is 20.6 Å². The first kappa shape index (κ1) is 20.7. The summed E-state index contributed by atoms with van der Waals surface area (Å²) in [5, 5.41) is 0. The van der Waals surface area contributed by atoms with E-state index in [0.29, 0.717) is 5.75 Å². The lowest BCUT2D eigenvalue weighted by Gasteiger charge is -2.49. The van der Waals surface area contributed by atoms with Crippen molar-refractivity contribution in [2.75, 3.05) is 14.2 Å². The Morgan fingerprint density at radius 1 is 1.15 bits per heavy atom. The maximum Gasteiger partial charge on any atom is 0.332 e. The van der Waals surface area contributed by atoms with Gasteiger partial charge in [-0.05, 0) is 44.9 Å². The van der Waals surface area contributed by atoms with Gasteiger partial charge in [0, 0.05) is 13.0 Å². The maximum absolute atomic E-state index is 12.5. The SMILES string of the molecule is COC(=O)C1(CCC(=O)OC(C)(C)C)CC(=O)N1Cc1ccc(OC)cc1. The van der Waals surface area contributed by atoms with Gasteiger partial charge in [-0.1, -0.05) is 12.1 Å². The van der Waals surface area contributed by atoms with Crippen LogP contribution in [0.5, 0.6) is 5.75 Å². The van der Waals surface area contributed by atoms with E-state index >= 15 is 0 Å². The number of carbonyl (C=O) groups is 3. The first-order valence-corrected chi connectivity index (χ1v) is 8.85.